The van der Waals surface area contributed by atoms with Gasteiger partial charge in [-0.1, -0.05) is 72.8 Å². The summed E-state index contributed by atoms with van der Waals surface area (Å²) in [6.45, 7) is 5.49. The van der Waals surface area contributed by atoms with Crippen LogP contribution in [-0.2, 0) is 10.9 Å². The van der Waals surface area contributed by atoms with Gasteiger partial charge in [0.25, 0.3) is 0 Å². The van der Waals surface area contributed by atoms with Crippen LogP contribution in [0.1, 0.15) is 26.3 Å². The van der Waals surface area contributed by atoms with Crippen molar-refractivity contribution in [2.75, 3.05) is 0 Å². The summed E-state index contributed by atoms with van der Waals surface area (Å²) >= 11 is 0. The Morgan fingerprint density at radius 1 is 0.647 bits per heavy atom. The Hall–Kier alpha value is -3.42. The van der Waals surface area contributed by atoms with E-state index < -0.39 is 19.0 Å². The first-order valence-corrected chi connectivity index (χ1v) is 13.4. The topological polar surface area (TPSA) is 35.5 Å². The second-order valence-corrected chi connectivity index (χ2v) is 12.6. The number of rotatable bonds is 6. The van der Waals surface area contributed by atoms with Crippen LogP contribution in [0.3, 0.4) is 0 Å². The minimum Gasteiger partial charge on any atom is -0.428 e. The zero-order valence-corrected chi connectivity index (χ0v) is 20.7. The van der Waals surface area contributed by atoms with E-state index in [1.165, 1.54) is 15.9 Å². The first kappa shape index (κ1) is 23.7. The molecule has 34 heavy (non-hydrogen) atoms. The van der Waals surface area contributed by atoms with Crippen molar-refractivity contribution in [1.82, 2.24) is 0 Å². The molecule has 0 heterocycles. The molecule has 4 aromatic rings. The fraction of sp³-hybridized carbons (Fsp3) is 0.167. The van der Waals surface area contributed by atoms with E-state index in [0.717, 1.165) is 5.56 Å². The van der Waals surface area contributed by atoms with Crippen LogP contribution in [0.25, 0.3) is 0 Å². The molecule has 0 atom stereocenters. The molecule has 0 aliphatic heterocycles. The quantitative estimate of drug-likeness (QED) is 0.184. The Morgan fingerprint density at radius 3 is 1.50 bits per heavy atom. The van der Waals surface area contributed by atoms with Crippen LogP contribution in [0.5, 0.6) is 5.75 Å². The van der Waals surface area contributed by atoms with Gasteiger partial charge in [-0.15, -0.1) is 0 Å². The van der Waals surface area contributed by atoms with Gasteiger partial charge in [-0.05, 0) is 63.2 Å². The second kappa shape index (κ2) is 10.2. The van der Waals surface area contributed by atoms with Crippen LogP contribution in [0.15, 0.2) is 115 Å². The van der Waals surface area contributed by atoms with E-state index in [1.54, 1.807) is 0 Å². The van der Waals surface area contributed by atoms with Crippen molar-refractivity contribution < 1.29 is 14.3 Å². The summed E-state index contributed by atoms with van der Waals surface area (Å²) in [5.41, 5.74) is 0.346. The van der Waals surface area contributed by atoms with E-state index in [1.807, 2.05) is 63.2 Å². The molecule has 0 amide bonds. The maximum atomic E-state index is 12.5. The fourth-order valence-electron chi connectivity index (χ4n) is 4.12. The maximum Gasteiger partial charge on any atom is 0.514 e. The molecule has 0 bridgehead atoms. The molecule has 0 saturated carbocycles. The molecule has 0 radical (unpaired) electrons. The third-order valence-electron chi connectivity index (χ3n) is 5.55. The average molecular weight is 470 g/mol. The highest BCUT2D eigenvalue weighted by Gasteiger charge is 2.46. The van der Waals surface area contributed by atoms with Gasteiger partial charge in [0.05, 0.1) is 0 Å². The third kappa shape index (κ3) is 5.38. The molecule has 0 aliphatic carbocycles. The van der Waals surface area contributed by atoms with Gasteiger partial charge >= 0.3 is 6.16 Å². The van der Waals surface area contributed by atoms with Crippen LogP contribution >= 0.6 is 7.26 Å². The lowest BCUT2D eigenvalue weighted by atomic mass is 10.2. The molecule has 0 saturated heterocycles. The summed E-state index contributed by atoms with van der Waals surface area (Å²) < 4.78 is 11.2. The number of carbonyl (C=O) groups is 1. The summed E-state index contributed by atoms with van der Waals surface area (Å²) in [6.07, 6.45) is 0.0207. The second-order valence-electron chi connectivity index (χ2n) is 9.15. The Bertz CT molecular complexity index is 1120. The standard InChI is InChI=1S/C30H30O3P/c1-30(2,3)33-29(31)32-28-22-14-13-15-24(28)23-34(25-16-7-4-8-17-25,26-18-9-5-10-19-26)27-20-11-6-12-21-27/h4-22H,23H2,1-3H3/q+1. The SMILES string of the molecule is CC(C)(C)OC(=O)Oc1ccccc1C[P+](c1ccccc1)(c1ccccc1)c1ccccc1. The highest BCUT2D eigenvalue weighted by molar-refractivity contribution is 7.95. The van der Waals surface area contributed by atoms with Gasteiger partial charge < -0.3 is 9.47 Å². The van der Waals surface area contributed by atoms with Crippen LogP contribution in [0, 0.1) is 0 Å². The fourth-order valence-corrected chi connectivity index (χ4v) is 8.38. The smallest absolute Gasteiger partial charge is 0.428 e. The normalized spacial score (nSPS) is 11.6. The predicted octanol–water partition coefficient (Wildman–Crippen LogP) is 6.49. The van der Waals surface area contributed by atoms with E-state index >= 15 is 0 Å². The van der Waals surface area contributed by atoms with Crippen molar-refractivity contribution in [3.8, 4) is 5.75 Å². The number of hydrogen-bond acceptors (Lipinski definition) is 3. The molecule has 4 rings (SSSR count). The monoisotopic (exact) mass is 469 g/mol. The molecule has 4 heteroatoms. The van der Waals surface area contributed by atoms with E-state index in [4.69, 9.17) is 9.47 Å². The predicted molar refractivity (Wildman–Crippen MR) is 142 cm³/mol. The Labute approximate surface area is 202 Å². The molecule has 3 nitrogen and oxygen atoms in total. The number of hydrogen-bond donors (Lipinski definition) is 0. The summed E-state index contributed by atoms with van der Waals surface area (Å²) in [5.74, 6) is 0.531. The zero-order valence-electron chi connectivity index (χ0n) is 19.8. The molecule has 0 unspecified atom stereocenters. The Kier molecular flexibility index (Phi) is 7.14. The van der Waals surface area contributed by atoms with E-state index in [-0.39, 0.29) is 0 Å². The summed E-state index contributed by atoms with van der Waals surface area (Å²) in [5, 5.41) is 3.83. The maximum absolute atomic E-state index is 12.5. The minimum absolute atomic E-state index is 0.531. The van der Waals surface area contributed by atoms with Crippen LogP contribution < -0.4 is 20.7 Å². The molecular weight excluding hydrogens is 439 g/mol. The summed E-state index contributed by atoms with van der Waals surface area (Å²) in [4.78, 5) is 12.5. The Morgan fingerprint density at radius 2 is 1.06 bits per heavy atom. The zero-order chi connectivity index (χ0) is 24.0. The number of ether oxygens (including phenoxy) is 2. The highest BCUT2D eigenvalue weighted by Crippen LogP contribution is 2.58. The van der Waals surface area contributed by atoms with Crippen LogP contribution in [-0.4, -0.2) is 11.8 Å². The van der Waals surface area contributed by atoms with Crippen molar-refractivity contribution >= 4 is 29.3 Å². The Balaban J connectivity index is 1.87. The molecular formula is C30H30O3P+. The molecule has 4 aromatic carbocycles. The van der Waals surface area contributed by atoms with Gasteiger partial charge in [0.2, 0.25) is 0 Å². The molecule has 0 aliphatic rings. The van der Waals surface area contributed by atoms with Crippen LogP contribution in [0.2, 0.25) is 0 Å². The van der Waals surface area contributed by atoms with Crippen molar-refractivity contribution in [1.29, 1.82) is 0 Å². The van der Waals surface area contributed by atoms with E-state index in [2.05, 4.69) is 72.8 Å². The first-order chi connectivity index (χ1) is 16.4. The van der Waals surface area contributed by atoms with Gasteiger partial charge in [-0.2, -0.15) is 0 Å². The van der Waals surface area contributed by atoms with Crippen LogP contribution in [0.4, 0.5) is 4.79 Å². The number of benzene rings is 4. The summed E-state index contributed by atoms with van der Waals surface area (Å²) in [6, 6.07) is 39.8. The number of carbonyl (C=O) groups excluding carboxylic acids is 1. The van der Waals surface area contributed by atoms with Crippen molar-refractivity contribution in [2.45, 2.75) is 32.5 Å². The number of para-hydroxylation sites is 1. The third-order valence-corrected chi connectivity index (χ3v) is 9.91. The highest BCUT2D eigenvalue weighted by atomic mass is 31.2. The lowest BCUT2D eigenvalue weighted by molar-refractivity contribution is 0.0204. The average Bonchev–Trinajstić information content (AvgIpc) is 2.84. The van der Waals surface area contributed by atoms with Gasteiger partial charge in [-0.3, -0.25) is 0 Å². The molecule has 0 N–H and O–H groups in total. The molecule has 172 valence electrons. The van der Waals surface area contributed by atoms with Crippen molar-refractivity contribution in [3.63, 3.8) is 0 Å². The van der Waals surface area contributed by atoms with Crippen molar-refractivity contribution in [2.24, 2.45) is 0 Å². The molecule has 0 fully saturated rings. The van der Waals surface area contributed by atoms with Gasteiger partial charge in [0.15, 0.2) is 0 Å². The minimum atomic E-state index is -2.12. The van der Waals surface area contributed by atoms with E-state index in [0.29, 0.717) is 11.9 Å². The summed E-state index contributed by atoms with van der Waals surface area (Å²) in [7, 11) is -2.12. The largest absolute Gasteiger partial charge is 0.514 e. The van der Waals surface area contributed by atoms with Crippen molar-refractivity contribution in [3.05, 3.63) is 121 Å². The van der Waals surface area contributed by atoms with Gasteiger partial charge in [-0.25, -0.2) is 4.79 Å². The van der Waals surface area contributed by atoms with Gasteiger partial charge in [0, 0.05) is 5.56 Å². The molecule has 0 spiro atoms. The molecule has 0 aromatic heterocycles. The lowest BCUT2D eigenvalue weighted by Crippen LogP contribution is -2.32. The van der Waals surface area contributed by atoms with E-state index in [9.17, 15) is 4.79 Å². The first-order valence-electron chi connectivity index (χ1n) is 11.4. The lowest BCUT2D eigenvalue weighted by Gasteiger charge is -2.28. The van der Waals surface area contributed by atoms with Gasteiger partial charge in [0.1, 0.15) is 40.7 Å².